The Morgan fingerprint density at radius 1 is 1.21 bits per heavy atom. The molecule has 10 heteroatoms. The monoisotopic (exact) mass is 397 g/mol. The van der Waals surface area contributed by atoms with E-state index in [-0.39, 0.29) is 12.1 Å². The third-order valence-corrected chi connectivity index (χ3v) is 4.01. The Labute approximate surface area is 156 Å². The van der Waals surface area contributed by atoms with Crippen molar-refractivity contribution in [3.05, 3.63) is 53.6 Å². The van der Waals surface area contributed by atoms with Crippen LogP contribution in [0.1, 0.15) is 15.9 Å². The highest BCUT2D eigenvalue weighted by Gasteiger charge is 2.32. The number of carbonyl (C=O) groups is 1. The van der Waals surface area contributed by atoms with E-state index in [9.17, 15) is 22.4 Å². The number of carbonyl (C=O) groups excluding carboxylic acids is 1. The second kappa shape index (κ2) is 7.37. The molecule has 3 rings (SSSR count). The molecule has 148 valence electrons. The summed E-state index contributed by atoms with van der Waals surface area (Å²) in [5.74, 6) is -2.45. The summed E-state index contributed by atoms with van der Waals surface area (Å²) in [6.07, 6.45) is -3.41. The lowest BCUT2D eigenvalue weighted by Gasteiger charge is -2.13. The quantitative estimate of drug-likeness (QED) is 0.669. The molecule has 28 heavy (non-hydrogen) atoms. The standard InChI is InChI=1S/C18H15F4N3O3/c1-25-9-24-13-4-6-14(27-2)11(16(13)25)8-23-17(26)10-3-5-15(12(19)7-10)28-18(20,21)22/h3-7,9H,8H2,1-2H3,(H,23,26). The minimum absolute atomic E-state index is 0.0430. The van der Waals surface area contributed by atoms with Gasteiger partial charge in [0.15, 0.2) is 11.6 Å². The number of hydrogen-bond acceptors (Lipinski definition) is 4. The molecule has 0 atom stereocenters. The molecule has 1 N–H and O–H groups in total. The lowest BCUT2D eigenvalue weighted by molar-refractivity contribution is -0.275. The van der Waals surface area contributed by atoms with Crippen LogP contribution in [0, 0.1) is 5.82 Å². The zero-order valence-electron chi connectivity index (χ0n) is 14.8. The van der Waals surface area contributed by atoms with Gasteiger partial charge in [0, 0.05) is 24.7 Å². The molecule has 0 aliphatic rings. The highest BCUT2D eigenvalue weighted by molar-refractivity contribution is 5.94. The van der Waals surface area contributed by atoms with Crippen molar-refractivity contribution < 1.29 is 31.8 Å². The van der Waals surface area contributed by atoms with Gasteiger partial charge in [-0.25, -0.2) is 9.37 Å². The van der Waals surface area contributed by atoms with Crippen molar-refractivity contribution in [2.75, 3.05) is 7.11 Å². The van der Waals surface area contributed by atoms with Gasteiger partial charge in [0.2, 0.25) is 0 Å². The lowest BCUT2D eigenvalue weighted by atomic mass is 10.1. The van der Waals surface area contributed by atoms with Crippen LogP contribution in [-0.2, 0) is 13.6 Å². The second-order valence-electron chi connectivity index (χ2n) is 5.85. The predicted octanol–water partition coefficient (Wildman–Crippen LogP) is 3.55. The van der Waals surface area contributed by atoms with Crippen LogP contribution in [-0.4, -0.2) is 28.9 Å². The van der Waals surface area contributed by atoms with E-state index in [1.165, 1.54) is 7.11 Å². The van der Waals surface area contributed by atoms with Crippen molar-refractivity contribution in [1.82, 2.24) is 14.9 Å². The first-order chi connectivity index (χ1) is 13.2. The summed E-state index contributed by atoms with van der Waals surface area (Å²) in [6.45, 7) is 0.0430. The Hall–Kier alpha value is -3.30. The van der Waals surface area contributed by atoms with Crippen molar-refractivity contribution in [3.8, 4) is 11.5 Å². The number of nitrogens with zero attached hydrogens (tertiary/aromatic N) is 2. The van der Waals surface area contributed by atoms with E-state index >= 15 is 0 Å². The van der Waals surface area contributed by atoms with Crippen molar-refractivity contribution in [2.45, 2.75) is 12.9 Å². The second-order valence-corrected chi connectivity index (χ2v) is 5.85. The first kappa shape index (κ1) is 19.5. The number of nitrogens with one attached hydrogen (secondary N) is 1. The first-order valence-electron chi connectivity index (χ1n) is 8.00. The molecule has 0 aliphatic heterocycles. The van der Waals surface area contributed by atoms with Gasteiger partial charge in [-0.1, -0.05) is 0 Å². The summed E-state index contributed by atoms with van der Waals surface area (Å²) in [5.41, 5.74) is 1.96. The highest BCUT2D eigenvalue weighted by Crippen LogP contribution is 2.28. The van der Waals surface area contributed by atoms with E-state index in [1.807, 2.05) is 0 Å². The number of methoxy groups -OCH3 is 1. The number of hydrogen-bond donors (Lipinski definition) is 1. The number of imidazole rings is 1. The number of fused-ring (bicyclic) bond motifs is 1. The van der Waals surface area contributed by atoms with Gasteiger partial charge in [0.1, 0.15) is 5.75 Å². The maximum Gasteiger partial charge on any atom is 0.573 e. The normalized spacial score (nSPS) is 11.5. The summed E-state index contributed by atoms with van der Waals surface area (Å²) >= 11 is 0. The molecule has 0 radical (unpaired) electrons. The van der Waals surface area contributed by atoms with E-state index in [0.29, 0.717) is 22.9 Å². The van der Waals surface area contributed by atoms with Crippen LogP contribution < -0.4 is 14.8 Å². The van der Waals surface area contributed by atoms with E-state index in [0.717, 1.165) is 17.6 Å². The molecular formula is C18H15F4N3O3. The number of aromatic nitrogens is 2. The Morgan fingerprint density at radius 2 is 1.93 bits per heavy atom. The topological polar surface area (TPSA) is 65.4 Å². The molecule has 0 aliphatic carbocycles. The Balaban J connectivity index is 1.80. The van der Waals surface area contributed by atoms with Crippen LogP contribution in [0.15, 0.2) is 36.7 Å². The molecule has 0 unspecified atom stereocenters. The van der Waals surface area contributed by atoms with Crippen LogP contribution in [0.4, 0.5) is 17.6 Å². The number of amides is 1. The highest BCUT2D eigenvalue weighted by atomic mass is 19.4. The van der Waals surface area contributed by atoms with Gasteiger partial charge in [0.25, 0.3) is 5.91 Å². The fraction of sp³-hybridized carbons (Fsp3) is 0.222. The number of ether oxygens (including phenoxy) is 2. The van der Waals surface area contributed by atoms with Gasteiger partial charge in [0.05, 0.1) is 24.5 Å². The molecule has 0 saturated carbocycles. The zero-order valence-corrected chi connectivity index (χ0v) is 14.8. The van der Waals surface area contributed by atoms with Crippen LogP contribution in [0.5, 0.6) is 11.5 Å². The third-order valence-electron chi connectivity index (χ3n) is 4.01. The molecule has 0 spiro atoms. The average molecular weight is 397 g/mol. The number of benzene rings is 2. The Bertz CT molecular complexity index is 1030. The van der Waals surface area contributed by atoms with Crippen molar-refractivity contribution in [1.29, 1.82) is 0 Å². The molecule has 0 saturated heterocycles. The number of alkyl halides is 3. The SMILES string of the molecule is COc1ccc2ncn(C)c2c1CNC(=O)c1ccc(OC(F)(F)F)c(F)c1. The molecule has 1 aromatic heterocycles. The van der Waals surface area contributed by atoms with E-state index in [4.69, 9.17) is 4.74 Å². The zero-order chi connectivity index (χ0) is 20.5. The molecule has 1 heterocycles. The maximum atomic E-state index is 13.8. The van der Waals surface area contributed by atoms with E-state index in [2.05, 4.69) is 15.0 Å². The molecule has 0 bridgehead atoms. The third kappa shape index (κ3) is 4.00. The fourth-order valence-electron chi connectivity index (χ4n) is 2.79. The first-order valence-corrected chi connectivity index (χ1v) is 8.00. The minimum atomic E-state index is -5.02. The molecular weight excluding hydrogens is 382 g/mol. The number of rotatable bonds is 5. The molecule has 3 aromatic rings. The van der Waals surface area contributed by atoms with Gasteiger partial charge in [-0.05, 0) is 30.3 Å². The largest absolute Gasteiger partial charge is 0.573 e. The fourth-order valence-corrected chi connectivity index (χ4v) is 2.79. The van der Waals surface area contributed by atoms with Gasteiger partial charge in [-0.15, -0.1) is 13.2 Å². The average Bonchev–Trinajstić information content (AvgIpc) is 3.01. The van der Waals surface area contributed by atoms with E-state index in [1.54, 1.807) is 30.1 Å². The van der Waals surface area contributed by atoms with Gasteiger partial charge in [-0.2, -0.15) is 0 Å². The summed E-state index contributed by atoms with van der Waals surface area (Å²) in [7, 11) is 3.27. The van der Waals surface area contributed by atoms with E-state index < -0.39 is 23.8 Å². The smallest absolute Gasteiger partial charge is 0.496 e. The van der Waals surface area contributed by atoms with Crippen molar-refractivity contribution >= 4 is 16.9 Å². The Kier molecular flexibility index (Phi) is 5.12. The van der Waals surface area contributed by atoms with Gasteiger partial charge >= 0.3 is 6.36 Å². The summed E-state index contributed by atoms with van der Waals surface area (Å²) in [6, 6.07) is 5.95. The van der Waals surface area contributed by atoms with Crippen LogP contribution in [0.3, 0.4) is 0 Å². The maximum absolute atomic E-state index is 13.8. The van der Waals surface area contributed by atoms with Gasteiger partial charge in [-0.3, -0.25) is 4.79 Å². The van der Waals surface area contributed by atoms with Crippen molar-refractivity contribution in [3.63, 3.8) is 0 Å². The predicted molar refractivity (Wildman–Crippen MR) is 91.5 cm³/mol. The van der Waals surface area contributed by atoms with Crippen LogP contribution in [0.25, 0.3) is 11.0 Å². The van der Waals surface area contributed by atoms with Crippen LogP contribution in [0.2, 0.25) is 0 Å². The van der Waals surface area contributed by atoms with Crippen molar-refractivity contribution in [2.24, 2.45) is 7.05 Å². The van der Waals surface area contributed by atoms with Gasteiger partial charge < -0.3 is 19.4 Å². The number of aryl methyl sites for hydroxylation is 1. The van der Waals surface area contributed by atoms with Crippen LogP contribution >= 0.6 is 0 Å². The Morgan fingerprint density at radius 3 is 2.57 bits per heavy atom. The summed E-state index contributed by atoms with van der Waals surface area (Å²) in [4.78, 5) is 16.6. The molecule has 0 fully saturated rings. The summed E-state index contributed by atoms with van der Waals surface area (Å²) in [5, 5.41) is 2.60. The number of halogens is 4. The lowest BCUT2D eigenvalue weighted by Crippen LogP contribution is -2.24. The molecule has 6 nitrogen and oxygen atoms in total. The molecule has 1 amide bonds. The molecule has 2 aromatic carbocycles. The summed E-state index contributed by atoms with van der Waals surface area (Å²) < 4.78 is 61.1. The minimum Gasteiger partial charge on any atom is -0.496 e.